The number of likely N-dealkylation sites (tertiary alicyclic amines) is 2. The second-order valence-corrected chi connectivity index (χ2v) is 7.23. The van der Waals surface area contributed by atoms with Gasteiger partial charge in [0.2, 0.25) is 11.8 Å². The van der Waals surface area contributed by atoms with Gasteiger partial charge in [0.1, 0.15) is 0 Å². The summed E-state index contributed by atoms with van der Waals surface area (Å²) in [6.07, 6.45) is 5.38. The standard InChI is InChI=1S/C16H28N2O2/c1-16(2,3)15(20)18-11-7-8-13(12-18)14(19)17-9-5-4-6-10-17/h13H,4-12H2,1-3H3/t13-/m0/s1. The molecule has 2 rings (SSSR count). The molecule has 2 heterocycles. The lowest BCUT2D eigenvalue weighted by molar-refractivity contribution is -0.145. The predicted octanol–water partition coefficient (Wildman–Crippen LogP) is 2.28. The molecule has 4 nitrogen and oxygen atoms in total. The maximum atomic E-state index is 12.6. The molecular formula is C16H28N2O2. The lowest BCUT2D eigenvalue weighted by Crippen LogP contribution is -2.50. The number of hydrogen-bond acceptors (Lipinski definition) is 2. The van der Waals surface area contributed by atoms with E-state index < -0.39 is 0 Å². The highest BCUT2D eigenvalue weighted by atomic mass is 16.2. The van der Waals surface area contributed by atoms with Gasteiger partial charge in [-0.2, -0.15) is 0 Å². The van der Waals surface area contributed by atoms with Crippen molar-refractivity contribution in [1.29, 1.82) is 0 Å². The number of amides is 2. The number of carbonyl (C=O) groups is 2. The Morgan fingerprint density at radius 3 is 2.10 bits per heavy atom. The van der Waals surface area contributed by atoms with E-state index in [0.29, 0.717) is 6.54 Å². The molecule has 0 bridgehead atoms. The smallest absolute Gasteiger partial charge is 0.227 e. The monoisotopic (exact) mass is 280 g/mol. The molecule has 0 aliphatic carbocycles. The highest BCUT2D eigenvalue weighted by Gasteiger charge is 2.35. The number of hydrogen-bond donors (Lipinski definition) is 0. The topological polar surface area (TPSA) is 40.6 Å². The third kappa shape index (κ3) is 3.53. The van der Waals surface area contributed by atoms with Gasteiger partial charge >= 0.3 is 0 Å². The van der Waals surface area contributed by atoms with Gasteiger partial charge in [0.15, 0.2) is 0 Å². The van der Waals surface area contributed by atoms with E-state index in [1.54, 1.807) is 0 Å². The Kier molecular flexibility index (Phi) is 4.71. The van der Waals surface area contributed by atoms with Crippen LogP contribution in [0.2, 0.25) is 0 Å². The molecule has 20 heavy (non-hydrogen) atoms. The van der Waals surface area contributed by atoms with Crippen molar-refractivity contribution in [3.05, 3.63) is 0 Å². The molecule has 1 atom stereocenters. The summed E-state index contributed by atoms with van der Waals surface area (Å²) in [6.45, 7) is 9.08. The third-order valence-electron chi connectivity index (χ3n) is 4.37. The van der Waals surface area contributed by atoms with Crippen LogP contribution < -0.4 is 0 Å². The molecule has 2 aliphatic rings. The summed E-state index contributed by atoms with van der Waals surface area (Å²) in [5, 5.41) is 0. The van der Waals surface area contributed by atoms with Crippen LogP contribution in [-0.2, 0) is 9.59 Å². The van der Waals surface area contributed by atoms with Gasteiger partial charge in [-0.1, -0.05) is 20.8 Å². The van der Waals surface area contributed by atoms with Gasteiger partial charge in [-0.3, -0.25) is 9.59 Å². The van der Waals surface area contributed by atoms with Gasteiger partial charge in [0.05, 0.1) is 5.92 Å². The Morgan fingerprint density at radius 2 is 1.50 bits per heavy atom. The van der Waals surface area contributed by atoms with Crippen molar-refractivity contribution in [1.82, 2.24) is 9.80 Å². The molecule has 0 aromatic carbocycles. The minimum Gasteiger partial charge on any atom is -0.342 e. The summed E-state index contributed by atoms with van der Waals surface area (Å²) in [5.74, 6) is 0.470. The lowest BCUT2D eigenvalue weighted by Gasteiger charge is -2.38. The Bertz CT molecular complexity index is 367. The van der Waals surface area contributed by atoms with Crippen molar-refractivity contribution in [2.45, 2.75) is 52.9 Å². The van der Waals surface area contributed by atoms with Gasteiger partial charge in [-0.05, 0) is 32.1 Å². The molecular weight excluding hydrogens is 252 g/mol. The maximum absolute atomic E-state index is 12.6. The Hall–Kier alpha value is -1.06. The first-order valence-electron chi connectivity index (χ1n) is 7.98. The van der Waals surface area contributed by atoms with Gasteiger partial charge in [0.25, 0.3) is 0 Å². The molecule has 2 saturated heterocycles. The second kappa shape index (κ2) is 6.15. The fourth-order valence-electron chi connectivity index (χ4n) is 3.21. The average Bonchev–Trinajstić information content (AvgIpc) is 2.46. The second-order valence-electron chi connectivity index (χ2n) is 7.23. The van der Waals surface area contributed by atoms with Crippen LogP contribution in [-0.4, -0.2) is 47.8 Å². The van der Waals surface area contributed by atoms with Crippen LogP contribution in [0.3, 0.4) is 0 Å². The third-order valence-corrected chi connectivity index (χ3v) is 4.37. The minimum absolute atomic E-state index is 0.0214. The van der Waals surface area contributed by atoms with Crippen molar-refractivity contribution in [3.8, 4) is 0 Å². The van der Waals surface area contributed by atoms with Gasteiger partial charge in [0, 0.05) is 31.6 Å². The SMILES string of the molecule is CC(C)(C)C(=O)N1CCC[C@H](C(=O)N2CCCCC2)C1. The summed E-state index contributed by atoms with van der Waals surface area (Å²) in [5.41, 5.74) is -0.351. The molecule has 4 heteroatoms. The van der Waals surface area contributed by atoms with Crippen molar-refractivity contribution in [3.63, 3.8) is 0 Å². The van der Waals surface area contributed by atoms with Crippen LogP contribution in [0.4, 0.5) is 0 Å². The first kappa shape index (κ1) is 15.3. The first-order valence-corrected chi connectivity index (χ1v) is 7.98. The Balaban J connectivity index is 1.96. The van der Waals surface area contributed by atoms with E-state index in [-0.39, 0.29) is 23.1 Å². The van der Waals surface area contributed by atoms with E-state index >= 15 is 0 Å². The molecule has 2 aliphatic heterocycles. The van der Waals surface area contributed by atoms with E-state index in [1.165, 1.54) is 6.42 Å². The highest BCUT2D eigenvalue weighted by molar-refractivity contribution is 5.84. The summed E-state index contributed by atoms with van der Waals surface area (Å²) in [6, 6.07) is 0. The maximum Gasteiger partial charge on any atom is 0.227 e. The van der Waals surface area contributed by atoms with Crippen LogP contribution in [0.1, 0.15) is 52.9 Å². The van der Waals surface area contributed by atoms with Gasteiger partial charge < -0.3 is 9.80 Å². The van der Waals surface area contributed by atoms with Crippen LogP contribution in [0, 0.1) is 11.3 Å². The molecule has 0 radical (unpaired) electrons. The van der Waals surface area contributed by atoms with E-state index in [2.05, 4.69) is 0 Å². The molecule has 0 saturated carbocycles. The molecule has 0 spiro atoms. The summed E-state index contributed by atoms with van der Waals surface area (Å²) in [4.78, 5) is 28.8. The fourth-order valence-corrected chi connectivity index (χ4v) is 3.21. The first-order chi connectivity index (χ1) is 9.39. The van der Waals surface area contributed by atoms with Crippen LogP contribution in [0.15, 0.2) is 0 Å². The zero-order valence-corrected chi connectivity index (χ0v) is 13.2. The molecule has 0 aromatic rings. The Morgan fingerprint density at radius 1 is 0.900 bits per heavy atom. The van der Waals surface area contributed by atoms with E-state index in [4.69, 9.17) is 0 Å². The molecule has 2 fully saturated rings. The highest BCUT2D eigenvalue weighted by Crippen LogP contribution is 2.25. The molecule has 0 N–H and O–H groups in total. The van der Waals surface area contributed by atoms with Crippen molar-refractivity contribution < 1.29 is 9.59 Å². The van der Waals surface area contributed by atoms with E-state index in [0.717, 1.165) is 45.3 Å². The summed E-state index contributed by atoms with van der Waals surface area (Å²) in [7, 11) is 0. The van der Waals surface area contributed by atoms with Gasteiger partial charge in [-0.15, -0.1) is 0 Å². The number of piperidine rings is 2. The normalized spacial score (nSPS) is 24.6. The predicted molar refractivity (Wildman–Crippen MR) is 79.2 cm³/mol. The molecule has 0 unspecified atom stereocenters. The van der Waals surface area contributed by atoms with Crippen LogP contribution in [0.25, 0.3) is 0 Å². The van der Waals surface area contributed by atoms with E-state index in [1.807, 2.05) is 30.6 Å². The van der Waals surface area contributed by atoms with Crippen molar-refractivity contribution >= 4 is 11.8 Å². The van der Waals surface area contributed by atoms with Crippen molar-refractivity contribution in [2.75, 3.05) is 26.2 Å². The quantitative estimate of drug-likeness (QED) is 0.739. The lowest BCUT2D eigenvalue weighted by atomic mass is 9.90. The number of carbonyl (C=O) groups excluding carboxylic acids is 2. The van der Waals surface area contributed by atoms with Crippen LogP contribution >= 0.6 is 0 Å². The van der Waals surface area contributed by atoms with Crippen LogP contribution in [0.5, 0.6) is 0 Å². The number of rotatable bonds is 1. The number of nitrogens with zero attached hydrogens (tertiary/aromatic N) is 2. The summed E-state index contributed by atoms with van der Waals surface area (Å²) >= 11 is 0. The molecule has 2 amide bonds. The zero-order valence-electron chi connectivity index (χ0n) is 13.2. The average molecular weight is 280 g/mol. The van der Waals surface area contributed by atoms with E-state index in [9.17, 15) is 9.59 Å². The zero-order chi connectivity index (χ0) is 14.8. The summed E-state index contributed by atoms with van der Waals surface area (Å²) < 4.78 is 0. The fraction of sp³-hybridized carbons (Fsp3) is 0.875. The minimum atomic E-state index is -0.351. The molecule has 114 valence electrons. The molecule has 0 aromatic heterocycles. The van der Waals surface area contributed by atoms with Crippen molar-refractivity contribution in [2.24, 2.45) is 11.3 Å². The Labute approximate surface area is 122 Å². The van der Waals surface area contributed by atoms with Gasteiger partial charge in [-0.25, -0.2) is 0 Å². The largest absolute Gasteiger partial charge is 0.342 e.